The molecular formula is C31H40N6O7. The lowest BCUT2D eigenvalue weighted by Gasteiger charge is -2.35. The summed E-state index contributed by atoms with van der Waals surface area (Å²) >= 11 is 0. The Bertz CT molecular complexity index is 1360. The van der Waals surface area contributed by atoms with Gasteiger partial charge >= 0.3 is 5.97 Å². The molecule has 2 heterocycles. The molecule has 0 saturated carbocycles. The Balaban J connectivity index is 1.77. The van der Waals surface area contributed by atoms with E-state index >= 15 is 0 Å². The fourth-order valence-electron chi connectivity index (χ4n) is 4.99. The molecule has 1 saturated heterocycles. The number of aliphatic imine (C=N–C) groups is 1. The molecule has 2 aromatic rings. The molecule has 13 heteroatoms. The van der Waals surface area contributed by atoms with Crippen molar-refractivity contribution >= 4 is 17.8 Å². The van der Waals surface area contributed by atoms with E-state index in [-0.39, 0.29) is 31.9 Å². The summed E-state index contributed by atoms with van der Waals surface area (Å²) in [4.78, 5) is 35.2. The van der Waals surface area contributed by atoms with E-state index in [1.165, 1.54) is 0 Å². The van der Waals surface area contributed by atoms with Crippen LogP contribution in [0.4, 0.5) is 0 Å². The van der Waals surface area contributed by atoms with Crippen LogP contribution in [0.15, 0.2) is 58.6 Å². The highest BCUT2D eigenvalue weighted by Gasteiger charge is 2.54. The first-order valence-electron chi connectivity index (χ1n) is 14.7. The number of carbonyl (C=O) groups excluding carboxylic acids is 2. The van der Waals surface area contributed by atoms with E-state index < -0.39 is 29.1 Å². The number of hydrogen-bond donors (Lipinski definition) is 2. The molecule has 2 atom stereocenters. The van der Waals surface area contributed by atoms with Crippen molar-refractivity contribution < 1.29 is 33.6 Å². The van der Waals surface area contributed by atoms with Gasteiger partial charge in [0.25, 0.3) is 5.91 Å². The van der Waals surface area contributed by atoms with Crippen LogP contribution in [0.25, 0.3) is 10.4 Å². The smallest absolute Gasteiger partial charge is 0.306 e. The summed E-state index contributed by atoms with van der Waals surface area (Å²) in [6.07, 6.45) is -0.551. The van der Waals surface area contributed by atoms with Gasteiger partial charge in [-0.25, -0.2) is 10.0 Å². The average Bonchev–Trinajstić information content (AvgIpc) is 3.40. The number of rotatable bonds is 13. The van der Waals surface area contributed by atoms with Crippen LogP contribution in [0, 0.1) is 0 Å². The van der Waals surface area contributed by atoms with E-state index in [1.54, 1.807) is 50.0 Å². The number of aliphatic hydroxyl groups is 1. The van der Waals surface area contributed by atoms with E-state index in [0.717, 1.165) is 0 Å². The van der Waals surface area contributed by atoms with Crippen LogP contribution in [0.1, 0.15) is 62.8 Å². The van der Waals surface area contributed by atoms with E-state index in [2.05, 4.69) is 15.5 Å². The molecule has 0 aliphatic carbocycles. The van der Waals surface area contributed by atoms with E-state index in [4.69, 9.17) is 34.6 Å². The zero-order valence-corrected chi connectivity index (χ0v) is 25.4. The number of azide groups is 1. The molecule has 2 N–H and O–H groups in total. The summed E-state index contributed by atoms with van der Waals surface area (Å²) in [6.45, 7) is 7.68. The van der Waals surface area contributed by atoms with Gasteiger partial charge in [-0.15, -0.1) is 0 Å². The zero-order chi connectivity index (χ0) is 31.6. The molecule has 1 amide bonds. The maximum atomic E-state index is 14.4. The minimum Gasteiger partial charge on any atom is -0.494 e. The maximum absolute atomic E-state index is 14.4. The van der Waals surface area contributed by atoms with Crippen molar-refractivity contribution in [3.8, 4) is 5.75 Å². The van der Waals surface area contributed by atoms with Gasteiger partial charge in [0.1, 0.15) is 11.4 Å². The van der Waals surface area contributed by atoms with Gasteiger partial charge in [-0.3, -0.25) is 15.0 Å². The topological polar surface area (TPSA) is 168 Å². The summed E-state index contributed by atoms with van der Waals surface area (Å²) < 4.78 is 23.2. The van der Waals surface area contributed by atoms with Gasteiger partial charge in [-0.05, 0) is 68.1 Å². The Labute approximate surface area is 256 Å². The van der Waals surface area contributed by atoms with Crippen molar-refractivity contribution in [2.75, 3.05) is 39.5 Å². The van der Waals surface area contributed by atoms with Crippen molar-refractivity contribution in [1.82, 2.24) is 10.4 Å². The lowest BCUT2D eigenvalue weighted by Crippen LogP contribution is -2.56. The molecule has 0 spiro atoms. The van der Waals surface area contributed by atoms with Crippen LogP contribution in [-0.2, 0) is 30.3 Å². The number of benzene rings is 2. The second kappa shape index (κ2) is 15.0. The van der Waals surface area contributed by atoms with E-state index in [1.807, 2.05) is 24.3 Å². The predicted octanol–water partition coefficient (Wildman–Crippen LogP) is 4.00. The molecule has 236 valence electrons. The SMILES string of the molecule is CC(C)(C)OC(=O)CC[C@]1(C(=O)NN2CCOCC2)N=C(c2ccc(OCCCO)cc2)O[C@H]1c1ccccc1CN=[N+]=[N-]. The Morgan fingerprint density at radius 3 is 2.59 bits per heavy atom. The summed E-state index contributed by atoms with van der Waals surface area (Å²) in [5.41, 5.74) is 11.6. The Hall–Kier alpha value is -4.16. The summed E-state index contributed by atoms with van der Waals surface area (Å²) in [7, 11) is 0. The molecule has 1 fully saturated rings. The van der Waals surface area contributed by atoms with Gasteiger partial charge in [0, 0.05) is 43.0 Å². The third kappa shape index (κ3) is 8.48. The molecule has 2 aliphatic heterocycles. The first-order valence-corrected chi connectivity index (χ1v) is 14.7. The zero-order valence-electron chi connectivity index (χ0n) is 25.4. The number of nitrogens with one attached hydrogen (secondary N) is 1. The van der Waals surface area contributed by atoms with Crippen LogP contribution >= 0.6 is 0 Å². The molecule has 2 aromatic carbocycles. The van der Waals surface area contributed by atoms with Crippen LogP contribution in [-0.4, -0.2) is 78.5 Å². The summed E-state index contributed by atoms with van der Waals surface area (Å²) in [5.74, 6) is -0.0779. The van der Waals surface area contributed by atoms with Crippen molar-refractivity contribution in [3.05, 3.63) is 75.7 Å². The molecule has 0 radical (unpaired) electrons. The lowest BCUT2D eigenvalue weighted by molar-refractivity contribution is -0.155. The molecule has 0 bridgehead atoms. The molecule has 0 aromatic heterocycles. The largest absolute Gasteiger partial charge is 0.494 e. The number of aliphatic hydroxyl groups excluding tert-OH is 1. The quantitative estimate of drug-likeness (QED) is 0.113. The van der Waals surface area contributed by atoms with E-state index in [0.29, 0.717) is 61.8 Å². The number of carbonyl (C=O) groups is 2. The number of hydrogen-bond acceptors (Lipinski definition) is 10. The minimum absolute atomic E-state index is 0.00946. The van der Waals surface area contributed by atoms with Crippen molar-refractivity contribution in [2.24, 2.45) is 10.1 Å². The van der Waals surface area contributed by atoms with Crippen LogP contribution in [0.5, 0.6) is 5.75 Å². The highest BCUT2D eigenvalue weighted by Crippen LogP contribution is 2.44. The van der Waals surface area contributed by atoms with Crippen molar-refractivity contribution in [1.29, 1.82) is 0 Å². The average molecular weight is 609 g/mol. The Morgan fingerprint density at radius 1 is 1.18 bits per heavy atom. The Morgan fingerprint density at radius 2 is 1.91 bits per heavy atom. The fourth-order valence-corrected chi connectivity index (χ4v) is 4.99. The van der Waals surface area contributed by atoms with Gasteiger partial charge in [0.05, 0.1) is 26.4 Å². The number of amides is 1. The first-order chi connectivity index (χ1) is 21.1. The Kier molecular flexibility index (Phi) is 11.2. The predicted molar refractivity (Wildman–Crippen MR) is 162 cm³/mol. The normalized spacial score (nSPS) is 20.2. The number of hydrazine groups is 1. The molecular weight excluding hydrogens is 568 g/mol. The first kappa shape index (κ1) is 32.7. The van der Waals surface area contributed by atoms with Gasteiger partial charge in [0.2, 0.25) is 5.90 Å². The van der Waals surface area contributed by atoms with Gasteiger partial charge in [-0.2, -0.15) is 0 Å². The lowest BCUT2D eigenvalue weighted by atomic mass is 9.82. The maximum Gasteiger partial charge on any atom is 0.306 e. The summed E-state index contributed by atoms with van der Waals surface area (Å²) in [6, 6.07) is 14.3. The van der Waals surface area contributed by atoms with Crippen LogP contribution in [0.2, 0.25) is 0 Å². The molecule has 2 aliphatic rings. The third-order valence-corrected chi connectivity index (χ3v) is 7.07. The van der Waals surface area contributed by atoms with Gasteiger partial charge in [-0.1, -0.05) is 29.4 Å². The second-order valence-corrected chi connectivity index (χ2v) is 11.5. The fraction of sp³-hybridized carbons (Fsp3) is 0.516. The second-order valence-electron chi connectivity index (χ2n) is 11.5. The van der Waals surface area contributed by atoms with Gasteiger partial charge < -0.3 is 24.1 Å². The van der Waals surface area contributed by atoms with E-state index in [9.17, 15) is 9.59 Å². The standard InChI is InChI=1S/C31H40N6O7/c1-30(2,3)44-26(39)13-14-31(29(40)35-37-15-19-41-20-16-37)27(25-8-5-4-7-23(25)21-33-36-32)43-28(34-31)22-9-11-24(12-10-22)42-18-6-17-38/h4-5,7-12,27,38H,6,13-21H2,1-3H3,(H,35,40)/t27-,31-/m0/s1. The highest BCUT2D eigenvalue weighted by atomic mass is 16.6. The van der Waals surface area contributed by atoms with Crippen molar-refractivity contribution in [3.63, 3.8) is 0 Å². The van der Waals surface area contributed by atoms with Crippen LogP contribution < -0.4 is 10.2 Å². The van der Waals surface area contributed by atoms with Crippen LogP contribution in [0.3, 0.4) is 0 Å². The highest BCUT2D eigenvalue weighted by molar-refractivity contribution is 6.01. The number of nitrogens with zero attached hydrogens (tertiary/aromatic N) is 5. The molecule has 13 nitrogen and oxygen atoms in total. The third-order valence-electron chi connectivity index (χ3n) is 7.07. The van der Waals surface area contributed by atoms with Gasteiger partial charge in [0.15, 0.2) is 11.6 Å². The number of esters is 1. The molecule has 4 rings (SSSR count). The summed E-state index contributed by atoms with van der Waals surface area (Å²) in [5, 5.41) is 14.6. The van der Waals surface area contributed by atoms with Crippen molar-refractivity contribution in [2.45, 2.75) is 63.8 Å². The molecule has 0 unspecified atom stereocenters. The molecule has 44 heavy (non-hydrogen) atoms. The monoisotopic (exact) mass is 608 g/mol. The number of morpholine rings is 1. The minimum atomic E-state index is -1.58. The number of ether oxygens (including phenoxy) is 4.